The van der Waals surface area contributed by atoms with E-state index in [1.54, 1.807) is 0 Å². The van der Waals surface area contributed by atoms with E-state index in [1.165, 1.54) is 5.56 Å². The molecule has 1 aromatic heterocycles. The number of hydrogen-bond acceptors (Lipinski definition) is 3. The molecule has 1 aliphatic carbocycles. The lowest BCUT2D eigenvalue weighted by atomic mass is 9.76. The highest BCUT2D eigenvalue weighted by Crippen LogP contribution is 2.46. The Morgan fingerprint density at radius 2 is 1.93 bits per heavy atom. The van der Waals surface area contributed by atoms with Crippen LogP contribution in [0.25, 0.3) is 12.2 Å². The number of benzene rings is 1. The second-order valence-corrected chi connectivity index (χ2v) is 9.56. The van der Waals surface area contributed by atoms with Crippen molar-refractivity contribution in [3.63, 3.8) is 0 Å². The van der Waals surface area contributed by atoms with Crippen molar-refractivity contribution in [2.24, 2.45) is 5.92 Å². The summed E-state index contributed by atoms with van der Waals surface area (Å²) in [5.41, 5.74) is 4.50. The molecule has 1 unspecified atom stereocenters. The van der Waals surface area contributed by atoms with E-state index >= 15 is 0 Å². The number of ether oxygens (including phenoxy) is 1. The van der Waals surface area contributed by atoms with Gasteiger partial charge in [0.2, 0.25) is 0 Å². The molecule has 0 saturated carbocycles. The minimum Gasteiger partial charge on any atom is -0.450 e. The fourth-order valence-corrected chi connectivity index (χ4v) is 5.76. The topological polar surface area (TPSA) is 42.4 Å². The summed E-state index contributed by atoms with van der Waals surface area (Å²) in [6.07, 6.45) is 7.67. The van der Waals surface area contributed by atoms with Crippen molar-refractivity contribution in [2.75, 3.05) is 19.7 Å². The molecule has 152 valence electrons. The second kappa shape index (κ2) is 8.78. The first-order valence-electron chi connectivity index (χ1n) is 9.72. The van der Waals surface area contributed by atoms with Crippen LogP contribution >= 0.6 is 43.5 Å². The van der Waals surface area contributed by atoms with Crippen LogP contribution in [0, 0.1) is 5.92 Å². The van der Waals surface area contributed by atoms with Gasteiger partial charge < -0.3 is 9.64 Å². The molecule has 0 N–H and O–H groups in total. The number of carbonyl (C=O) groups excluding carboxylic acids is 1. The van der Waals surface area contributed by atoms with Gasteiger partial charge in [0.05, 0.1) is 12.3 Å². The van der Waals surface area contributed by atoms with Crippen molar-refractivity contribution in [1.29, 1.82) is 0 Å². The molecule has 1 aromatic carbocycles. The maximum Gasteiger partial charge on any atom is 0.409 e. The number of rotatable bonds is 2. The standard InChI is InChI=1S/C22H21Br2ClN2O2/c1-2-29-22(28)27-7-5-13(6-8-27)20-19-14(10-17(25)11-18(19)24)3-4-15-9-16(23)12-26-21(15)20/h3-4,9-13,20H,2,5-8H2,1H3. The van der Waals surface area contributed by atoms with E-state index in [0.29, 0.717) is 30.6 Å². The third-order valence-electron chi connectivity index (χ3n) is 5.63. The minimum atomic E-state index is -0.218. The summed E-state index contributed by atoms with van der Waals surface area (Å²) in [6.45, 7) is 3.63. The van der Waals surface area contributed by atoms with Crippen LogP contribution in [0.3, 0.4) is 0 Å². The summed E-state index contributed by atoms with van der Waals surface area (Å²) >= 11 is 13.6. The molecule has 0 spiro atoms. The van der Waals surface area contributed by atoms with Crippen molar-refractivity contribution >= 4 is 61.7 Å². The molecule has 1 saturated heterocycles. The quantitative estimate of drug-likeness (QED) is 0.424. The molecule has 2 aliphatic rings. The van der Waals surface area contributed by atoms with Crippen LogP contribution in [0.2, 0.25) is 5.02 Å². The predicted octanol–water partition coefficient (Wildman–Crippen LogP) is 6.74. The zero-order valence-corrected chi connectivity index (χ0v) is 19.9. The van der Waals surface area contributed by atoms with Gasteiger partial charge in [-0.1, -0.05) is 39.7 Å². The summed E-state index contributed by atoms with van der Waals surface area (Å²) in [7, 11) is 0. The van der Waals surface area contributed by atoms with Gasteiger partial charge in [-0.3, -0.25) is 4.98 Å². The lowest BCUT2D eigenvalue weighted by Crippen LogP contribution is -2.40. The molecule has 2 heterocycles. The van der Waals surface area contributed by atoms with E-state index in [1.807, 2.05) is 30.2 Å². The van der Waals surface area contributed by atoms with Crippen molar-refractivity contribution in [3.05, 3.63) is 60.7 Å². The molecule has 1 atom stereocenters. The van der Waals surface area contributed by atoms with E-state index in [0.717, 1.165) is 38.6 Å². The normalized spacial score (nSPS) is 18.8. The van der Waals surface area contributed by atoms with Crippen molar-refractivity contribution < 1.29 is 9.53 Å². The van der Waals surface area contributed by atoms with Gasteiger partial charge in [-0.05, 0) is 76.5 Å². The van der Waals surface area contributed by atoms with Gasteiger partial charge in [0.1, 0.15) is 0 Å². The fourth-order valence-electron chi connectivity index (χ4n) is 4.33. The highest BCUT2D eigenvalue weighted by atomic mass is 79.9. The molecule has 1 amide bonds. The minimum absolute atomic E-state index is 0.124. The molecule has 1 aliphatic heterocycles. The van der Waals surface area contributed by atoms with Crippen molar-refractivity contribution in [2.45, 2.75) is 25.7 Å². The molecule has 4 nitrogen and oxygen atoms in total. The number of amides is 1. The predicted molar refractivity (Wildman–Crippen MR) is 123 cm³/mol. The molecular weight excluding hydrogens is 520 g/mol. The number of hydrogen-bond donors (Lipinski definition) is 0. The Balaban J connectivity index is 1.73. The van der Waals surface area contributed by atoms with E-state index < -0.39 is 0 Å². The van der Waals surface area contributed by atoms with Gasteiger partial charge in [0.15, 0.2) is 0 Å². The third-order valence-corrected chi connectivity index (χ3v) is 6.94. The van der Waals surface area contributed by atoms with Crippen molar-refractivity contribution in [3.8, 4) is 0 Å². The van der Waals surface area contributed by atoms with Gasteiger partial charge in [-0.15, -0.1) is 0 Å². The Bertz CT molecular complexity index is 972. The Kier molecular flexibility index (Phi) is 6.32. The van der Waals surface area contributed by atoms with Gasteiger partial charge in [0, 0.05) is 39.2 Å². The Labute approximate surface area is 192 Å². The zero-order chi connectivity index (χ0) is 20.5. The lowest BCUT2D eigenvalue weighted by molar-refractivity contribution is 0.0900. The summed E-state index contributed by atoms with van der Waals surface area (Å²) in [4.78, 5) is 18.7. The number of likely N-dealkylation sites (tertiary alicyclic amines) is 1. The zero-order valence-electron chi connectivity index (χ0n) is 16.0. The Hall–Kier alpha value is -1.37. The van der Waals surface area contributed by atoms with Gasteiger partial charge >= 0.3 is 6.09 Å². The van der Waals surface area contributed by atoms with Crippen LogP contribution in [-0.2, 0) is 4.74 Å². The summed E-state index contributed by atoms with van der Waals surface area (Å²) < 4.78 is 7.14. The van der Waals surface area contributed by atoms with Crippen molar-refractivity contribution in [1.82, 2.24) is 9.88 Å². The molecule has 4 rings (SSSR count). The highest BCUT2D eigenvalue weighted by molar-refractivity contribution is 9.10. The van der Waals surface area contributed by atoms with E-state index in [-0.39, 0.29) is 12.0 Å². The van der Waals surface area contributed by atoms with Crippen LogP contribution in [0.1, 0.15) is 48.1 Å². The first-order valence-corrected chi connectivity index (χ1v) is 11.7. The maximum atomic E-state index is 12.1. The first-order chi connectivity index (χ1) is 14.0. The molecule has 0 radical (unpaired) electrons. The summed E-state index contributed by atoms with van der Waals surface area (Å²) in [5.74, 6) is 0.489. The van der Waals surface area contributed by atoms with Gasteiger partial charge in [-0.2, -0.15) is 0 Å². The van der Waals surface area contributed by atoms with E-state index in [9.17, 15) is 4.79 Å². The number of pyridine rings is 1. The number of carbonyl (C=O) groups is 1. The van der Waals surface area contributed by atoms with Crippen LogP contribution < -0.4 is 0 Å². The first kappa shape index (κ1) is 20.9. The molecule has 29 heavy (non-hydrogen) atoms. The van der Waals surface area contributed by atoms with E-state index in [4.69, 9.17) is 21.3 Å². The summed E-state index contributed by atoms with van der Waals surface area (Å²) in [6, 6.07) is 6.08. The Morgan fingerprint density at radius 3 is 2.66 bits per heavy atom. The SMILES string of the molecule is CCOC(=O)N1CCC(C2c3ncc(Br)cc3C=Cc3cc(Cl)cc(Br)c32)CC1. The average molecular weight is 541 g/mol. The lowest BCUT2D eigenvalue weighted by Gasteiger charge is -2.36. The third kappa shape index (κ3) is 4.25. The van der Waals surface area contributed by atoms with Crippen LogP contribution in [0.5, 0.6) is 0 Å². The molecule has 7 heteroatoms. The Morgan fingerprint density at radius 1 is 1.21 bits per heavy atom. The molecule has 0 bridgehead atoms. The van der Waals surface area contributed by atoms with Gasteiger partial charge in [0.25, 0.3) is 0 Å². The largest absolute Gasteiger partial charge is 0.450 e. The second-order valence-electron chi connectivity index (χ2n) is 7.35. The average Bonchev–Trinajstić information content (AvgIpc) is 2.85. The number of halogens is 3. The van der Waals surface area contributed by atoms with Crippen LogP contribution in [-0.4, -0.2) is 35.7 Å². The highest BCUT2D eigenvalue weighted by Gasteiger charge is 2.35. The van der Waals surface area contributed by atoms with E-state index in [2.05, 4.69) is 50.1 Å². The number of fused-ring (bicyclic) bond motifs is 2. The van der Waals surface area contributed by atoms with Crippen LogP contribution in [0.4, 0.5) is 4.79 Å². The molecule has 1 fully saturated rings. The molecular formula is C22H21Br2ClN2O2. The number of nitrogens with zero attached hydrogens (tertiary/aromatic N) is 2. The smallest absolute Gasteiger partial charge is 0.409 e. The van der Waals surface area contributed by atoms with Crippen LogP contribution in [0.15, 0.2) is 33.3 Å². The number of piperidine rings is 1. The number of aromatic nitrogens is 1. The fraction of sp³-hybridized carbons (Fsp3) is 0.364. The maximum absolute atomic E-state index is 12.1. The monoisotopic (exact) mass is 538 g/mol. The summed E-state index contributed by atoms with van der Waals surface area (Å²) in [5, 5.41) is 0.705. The molecule has 2 aromatic rings. The van der Waals surface area contributed by atoms with Gasteiger partial charge in [-0.25, -0.2) is 4.79 Å².